The van der Waals surface area contributed by atoms with Crippen LogP contribution in [0.15, 0.2) is 18.2 Å². The third-order valence-electron chi connectivity index (χ3n) is 4.61. The summed E-state index contributed by atoms with van der Waals surface area (Å²) >= 11 is 6.33. The molecule has 3 heteroatoms. The molecule has 0 aromatic heterocycles. The smallest absolute Gasteiger partial charge is 0.0681 e. The third-order valence-corrected chi connectivity index (χ3v) is 5.02. The summed E-state index contributed by atoms with van der Waals surface area (Å²) in [6, 6.07) is 6.47. The van der Waals surface area contributed by atoms with Crippen LogP contribution in [-0.4, -0.2) is 17.7 Å². The lowest BCUT2D eigenvalue weighted by molar-refractivity contribution is -0.0778. The topological polar surface area (TPSA) is 21.3 Å². The Hall–Kier alpha value is -0.570. The van der Waals surface area contributed by atoms with Crippen LogP contribution in [0, 0.1) is 12.8 Å². The summed E-state index contributed by atoms with van der Waals surface area (Å²) in [5.74, 6) is 0.421. The lowest BCUT2D eigenvalue weighted by Crippen LogP contribution is -2.38. The number of halogens is 1. The Kier molecular flexibility index (Phi) is 4.72. The first-order chi connectivity index (χ1) is 9.68. The molecule has 2 atom stereocenters. The second-order valence-corrected chi connectivity index (χ2v) is 7.67. The number of nitrogens with one attached hydrogen (secondary N) is 1. The van der Waals surface area contributed by atoms with Crippen molar-refractivity contribution in [3.8, 4) is 0 Å². The standard InChI is InChI=1S/C18H28ClNO/c1-7-20-16(13-9-8-10-15(19)12(13)2)14-11-17(3,4)21-18(14,5)6/h8-10,14,16,20H,7,11H2,1-6H3. The highest BCUT2D eigenvalue weighted by Gasteiger charge is 2.49. The maximum absolute atomic E-state index is 6.33. The molecule has 0 radical (unpaired) electrons. The van der Waals surface area contributed by atoms with E-state index in [9.17, 15) is 0 Å². The van der Waals surface area contributed by atoms with Crippen LogP contribution in [0.25, 0.3) is 0 Å². The van der Waals surface area contributed by atoms with Crippen molar-refractivity contribution in [2.24, 2.45) is 5.92 Å². The molecule has 0 bridgehead atoms. The van der Waals surface area contributed by atoms with E-state index >= 15 is 0 Å². The zero-order chi connectivity index (χ0) is 15.8. The Balaban J connectivity index is 2.42. The van der Waals surface area contributed by atoms with Crippen molar-refractivity contribution < 1.29 is 4.74 Å². The van der Waals surface area contributed by atoms with Crippen LogP contribution in [0.2, 0.25) is 5.02 Å². The Morgan fingerprint density at radius 2 is 2.00 bits per heavy atom. The average molecular weight is 310 g/mol. The predicted molar refractivity (Wildman–Crippen MR) is 90.0 cm³/mol. The maximum atomic E-state index is 6.33. The molecule has 118 valence electrons. The molecular weight excluding hydrogens is 282 g/mol. The van der Waals surface area contributed by atoms with Gasteiger partial charge in [0.1, 0.15) is 0 Å². The molecule has 1 aromatic rings. The van der Waals surface area contributed by atoms with Gasteiger partial charge in [0.05, 0.1) is 11.2 Å². The molecule has 2 rings (SSSR count). The molecule has 0 saturated carbocycles. The van der Waals surface area contributed by atoms with Gasteiger partial charge in [0.25, 0.3) is 0 Å². The van der Waals surface area contributed by atoms with E-state index in [4.69, 9.17) is 16.3 Å². The van der Waals surface area contributed by atoms with E-state index in [1.165, 1.54) is 11.1 Å². The van der Waals surface area contributed by atoms with Gasteiger partial charge in [-0.25, -0.2) is 0 Å². The lowest BCUT2D eigenvalue weighted by Gasteiger charge is -2.34. The first-order valence-electron chi connectivity index (χ1n) is 7.86. The fraction of sp³-hybridized carbons (Fsp3) is 0.667. The third kappa shape index (κ3) is 3.44. The van der Waals surface area contributed by atoms with Gasteiger partial charge in [-0.1, -0.05) is 30.7 Å². The van der Waals surface area contributed by atoms with E-state index in [0.29, 0.717) is 5.92 Å². The summed E-state index contributed by atoms with van der Waals surface area (Å²) in [5.41, 5.74) is 2.24. The van der Waals surface area contributed by atoms with Crippen molar-refractivity contribution in [3.05, 3.63) is 34.3 Å². The van der Waals surface area contributed by atoms with Crippen molar-refractivity contribution in [3.63, 3.8) is 0 Å². The van der Waals surface area contributed by atoms with Crippen LogP contribution in [0.3, 0.4) is 0 Å². The second-order valence-electron chi connectivity index (χ2n) is 7.27. The zero-order valence-electron chi connectivity index (χ0n) is 14.1. The summed E-state index contributed by atoms with van der Waals surface area (Å²) in [4.78, 5) is 0. The van der Waals surface area contributed by atoms with E-state index in [-0.39, 0.29) is 17.2 Å². The molecule has 1 N–H and O–H groups in total. The number of hydrogen-bond acceptors (Lipinski definition) is 2. The van der Waals surface area contributed by atoms with E-state index in [0.717, 1.165) is 18.0 Å². The SMILES string of the molecule is CCNC(c1cccc(Cl)c1C)C1CC(C)(C)OC1(C)C. The summed E-state index contributed by atoms with van der Waals surface area (Å²) < 4.78 is 6.29. The van der Waals surface area contributed by atoms with Gasteiger partial charge in [-0.3, -0.25) is 0 Å². The van der Waals surface area contributed by atoms with Crippen LogP contribution in [0.5, 0.6) is 0 Å². The highest BCUT2D eigenvalue weighted by atomic mass is 35.5. The van der Waals surface area contributed by atoms with E-state index in [1.807, 2.05) is 12.1 Å². The fourth-order valence-electron chi connectivity index (χ4n) is 3.77. The van der Waals surface area contributed by atoms with E-state index < -0.39 is 0 Å². The molecule has 1 aliphatic rings. The molecule has 0 aliphatic carbocycles. The monoisotopic (exact) mass is 309 g/mol. The molecule has 2 nitrogen and oxygen atoms in total. The van der Waals surface area contributed by atoms with Gasteiger partial charge in [0.15, 0.2) is 0 Å². The number of benzene rings is 1. The summed E-state index contributed by atoms with van der Waals surface area (Å²) in [6.07, 6.45) is 1.05. The van der Waals surface area contributed by atoms with Gasteiger partial charge >= 0.3 is 0 Å². The van der Waals surface area contributed by atoms with Crippen LogP contribution in [-0.2, 0) is 4.74 Å². The Labute approximate surface area is 134 Å². The van der Waals surface area contributed by atoms with Crippen molar-refractivity contribution >= 4 is 11.6 Å². The Morgan fingerprint density at radius 3 is 2.52 bits per heavy atom. The molecule has 0 spiro atoms. The lowest BCUT2D eigenvalue weighted by atomic mass is 9.78. The number of rotatable bonds is 4. The van der Waals surface area contributed by atoms with Gasteiger partial charge in [0.2, 0.25) is 0 Å². The van der Waals surface area contributed by atoms with Gasteiger partial charge in [-0.2, -0.15) is 0 Å². The molecule has 1 fully saturated rings. The van der Waals surface area contributed by atoms with Crippen LogP contribution in [0.4, 0.5) is 0 Å². The Morgan fingerprint density at radius 1 is 1.33 bits per heavy atom. The average Bonchev–Trinajstić information content (AvgIpc) is 2.58. The minimum absolute atomic E-state index is 0.0751. The van der Waals surface area contributed by atoms with Crippen molar-refractivity contribution in [1.29, 1.82) is 0 Å². The highest BCUT2D eigenvalue weighted by Crippen LogP contribution is 2.48. The van der Waals surface area contributed by atoms with E-state index in [1.54, 1.807) is 0 Å². The zero-order valence-corrected chi connectivity index (χ0v) is 14.8. The van der Waals surface area contributed by atoms with Crippen LogP contribution >= 0.6 is 11.6 Å². The minimum atomic E-state index is -0.148. The van der Waals surface area contributed by atoms with Crippen molar-refractivity contribution in [2.45, 2.75) is 65.2 Å². The maximum Gasteiger partial charge on any atom is 0.0681 e. The highest BCUT2D eigenvalue weighted by molar-refractivity contribution is 6.31. The number of hydrogen-bond donors (Lipinski definition) is 1. The summed E-state index contributed by atoms with van der Waals surface area (Å²) in [7, 11) is 0. The van der Waals surface area contributed by atoms with E-state index in [2.05, 4.69) is 52.9 Å². The summed E-state index contributed by atoms with van der Waals surface area (Å²) in [6.45, 7) is 14.0. The quantitative estimate of drug-likeness (QED) is 0.854. The predicted octanol–water partition coefficient (Wildman–Crippen LogP) is 4.89. The number of ether oxygens (including phenoxy) is 1. The van der Waals surface area contributed by atoms with Crippen molar-refractivity contribution in [1.82, 2.24) is 5.32 Å². The molecule has 1 saturated heterocycles. The Bertz CT molecular complexity index is 510. The van der Waals surface area contributed by atoms with Gasteiger partial charge in [0, 0.05) is 17.0 Å². The van der Waals surface area contributed by atoms with Crippen LogP contribution < -0.4 is 5.32 Å². The fourth-order valence-corrected chi connectivity index (χ4v) is 3.96. The van der Waals surface area contributed by atoms with Crippen LogP contribution in [0.1, 0.15) is 58.2 Å². The van der Waals surface area contributed by atoms with Crippen molar-refractivity contribution in [2.75, 3.05) is 6.54 Å². The van der Waals surface area contributed by atoms with Gasteiger partial charge in [-0.05, 0) is 64.8 Å². The molecule has 0 amide bonds. The molecular formula is C18H28ClNO. The molecule has 1 heterocycles. The first-order valence-corrected chi connectivity index (χ1v) is 8.24. The normalized spacial score (nSPS) is 25.0. The molecule has 1 aliphatic heterocycles. The first kappa shape index (κ1) is 16.8. The van der Waals surface area contributed by atoms with Gasteiger partial charge < -0.3 is 10.1 Å². The second kappa shape index (κ2) is 5.91. The molecule has 2 unspecified atom stereocenters. The summed E-state index contributed by atoms with van der Waals surface area (Å²) in [5, 5.41) is 4.50. The molecule has 1 aromatic carbocycles. The molecule has 21 heavy (non-hydrogen) atoms. The van der Waals surface area contributed by atoms with Gasteiger partial charge in [-0.15, -0.1) is 0 Å². The minimum Gasteiger partial charge on any atom is -0.369 e. The largest absolute Gasteiger partial charge is 0.369 e.